The zero-order valence-corrected chi connectivity index (χ0v) is 19.2. The monoisotopic (exact) mass is 476 g/mol. The lowest BCUT2D eigenvalue weighted by molar-refractivity contribution is 0.326. The summed E-state index contributed by atoms with van der Waals surface area (Å²) in [6.07, 6.45) is 4.54. The first-order valence-corrected chi connectivity index (χ1v) is 12.1. The van der Waals surface area contributed by atoms with Crippen molar-refractivity contribution < 1.29 is 4.74 Å². The summed E-state index contributed by atoms with van der Waals surface area (Å²) in [6.45, 7) is 0.627. The molecule has 0 fully saturated rings. The number of nitrogen functional groups attached to an aromatic ring is 1. The fourth-order valence-corrected chi connectivity index (χ4v) is 6.45. The molecule has 1 aliphatic heterocycles. The molecule has 4 heterocycles. The summed E-state index contributed by atoms with van der Waals surface area (Å²) in [7, 11) is 0. The lowest BCUT2D eigenvalue weighted by Crippen LogP contribution is -1.98. The fraction of sp³-hybridized carbons (Fsp3) is 0.0833. The number of anilines is 1. The highest BCUT2D eigenvalue weighted by Crippen LogP contribution is 2.48. The first-order chi connectivity index (χ1) is 15.7. The van der Waals surface area contributed by atoms with Crippen molar-refractivity contribution in [1.82, 2.24) is 15.2 Å². The molecule has 32 heavy (non-hydrogen) atoms. The van der Waals surface area contributed by atoms with Gasteiger partial charge in [0.05, 0.1) is 22.6 Å². The summed E-state index contributed by atoms with van der Waals surface area (Å²) in [4.78, 5) is 7.97. The number of benzene rings is 2. The van der Waals surface area contributed by atoms with Crippen LogP contribution >= 0.6 is 34.3 Å². The number of hydrogen-bond donors (Lipinski definition) is 2. The quantitative estimate of drug-likeness (QED) is 0.301. The molecule has 6 rings (SSSR count). The number of aromatic amines is 1. The minimum absolute atomic E-state index is 0.534. The summed E-state index contributed by atoms with van der Waals surface area (Å²) in [5.74, 6) is 0.889. The average molecular weight is 477 g/mol. The topological polar surface area (TPSA) is 76.8 Å². The molecular weight excluding hydrogens is 460 g/mol. The number of fused-ring (bicyclic) bond motifs is 3. The van der Waals surface area contributed by atoms with Gasteiger partial charge in [-0.25, -0.2) is 4.98 Å². The van der Waals surface area contributed by atoms with Gasteiger partial charge in [0.25, 0.3) is 0 Å². The predicted molar refractivity (Wildman–Crippen MR) is 133 cm³/mol. The van der Waals surface area contributed by atoms with Crippen molar-refractivity contribution in [1.29, 1.82) is 0 Å². The van der Waals surface area contributed by atoms with E-state index in [4.69, 9.17) is 22.1 Å². The Labute approximate surface area is 197 Å². The first kappa shape index (κ1) is 19.5. The van der Waals surface area contributed by atoms with Crippen LogP contribution in [0.3, 0.4) is 0 Å². The number of rotatable bonds is 3. The van der Waals surface area contributed by atoms with Gasteiger partial charge in [-0.05, 0) is 35.4 Å². The SMILES string of the molecule is Nc1nc(-c2cc3c(s2)-c2ccc(-c4cn[nH]c4)cc2OCC3)c(-c2ccccc2Cl)s1. The molecule has 3 aromatic heterocycles. The van der Waals surface area contributed by atoms with Crippen LogP contribution in [0, 0.1) is 0 Å². The van der Waals surface area contributed by atoms with Crippen LogP contribution in [0.25, 0.3) is 42.6 Å². The first-order valence-electron chi connectivity index (χ1n) is 10.1. The number of nitrogens with one attached hydrogen (secondary N) is 1. The normalized spacial score (nSPS) is 12.7. The molecule has 0 unspecified atom stereocenters. The van der Waals surface area contributed by atoms with Crippen molar-refractivity contribution in [2.24, 2.45) is 0 Å². The number of thiophene rings is 1. The van der Waals surface area contributed by atoms with Gasteiger partial charge in [0.1, 0.15) is 11.4 Å². The number of nitrogens with two attached hydrogens (primary N) is 1. The molecule has 5 aromatic rings. The van der Waals surface area contributed by atoms with E-state index in [-0.39, 0.29) is 0 Å². The molecule has 0 bridgehead atoms. The molecule has 5 nitrogen and oxygen atoms in total. The molecular formula is C24H17ClN4OS2. The number of nitrogens with zero attached hydrogens (tertiary/aromatic N) is 2. The lowest BCUT2D eigenvalue weighted by atomic mass is 10.0. The Balaban J connectivity index is 1.47. The van der Waals surface area contributed by atoms with E-state index in [0.717, 1.165) is 49.9 Å². The molecule has 0 atom stereocenters. The Kier molecular flexibility index (Phi) is 4.75. The van der Waals surface area contributed by atoms with Gasteiger partial charge in [0.2, 0.25) is 0 Å². The molecule has 158 valence electrons. The van der Waals surface area contributed by atoms with Gasteiger partial charge in [-0.2, -0.15) is 5.10 Å². The number of H-pyrrole nitrogens is 1. The standard InChI is InChI=1S/C24H17ClN4OS2/c25-18-4-2-1-3-16(18)23-21(29-24(26)32-23)20-10-14-7-8-30-19-9-13(15-11-27-28-12-15)5-6-17(19)22(14)31-20/h1-6,9-12H,7-8H2,(H2,26,29)(H,27,28). The molecule has 1 aliphatic rings. The Hall–Kier alpha value is -3.13. The summed E-state index contributed by atoms with van der Waals surface area (Å²) in [5.41, 5.74) is 12.4. The van der Waals surface area contributed by atoms with Gasteiger partial charge in [-0.3, -0.25) is 5.10 Å². The Bertz CT molecular complexity index is 1440. The van der Waals surface area contributed by atoms with Crippen molar-refractivity contribution in [3.63, 3.8) is 0 Å². The summed E-state index contributed by atoms with van der Waals surface area (Å²) in [6, 6.07) is 16.4. The molecule has 3 N–H and O–H groups in total. The maximum Gasteiger partial charge on any atom is 0.181 e. The Morgan fingerprint density at radius 3 is 2.75 bits per heavy atom. The zero-order chi connectivity index (χ0) is 21.7. The van der Waals surface area contributed by atoms with Gasteiger partial charge in [0.15, 0.2) is 5.13 Å². The molecule has 0 aliphatic carbocycles. The zero-order valence-electron chi connectivity index (χ0n) is 16.8. The third-order valence-electron chi connectivity index (χ3n) is 5.49. The molecule has 0 spiro atoms. The van der Waals surface area contributed by atoms with Crippen LogP contribution in [-0.2, 0) is 6.42 Å². The second-order valence-corrected chi connectivity index (χ2v) is 9.96. The van der Waals surface area contributed by atoms with E-state index in [9.17, 15) is 0 Å². The number of ether oxygens (including phenoxy) is 1. The molecule has 0 saturated carbocycles. The van der Waals surface area contributed by atoms with Crippen LogP contribution < -0.4 is 10.5 Å². The highest BCUT2D eigenvalue weighted by atomic mass is 35.5. The molecule has 8 heteroatoms. The number of thiazole rings is 1. The van der Waals surface area contributed by atoms with Crippen LogP contribution in [0.5, 0.6) is 5.75 Å². The van der Waals surface area contributed by atoms with Crippen molar-refractivity contribution in [3.05, 3.63) is 71.5 Å². The number of hydrogen-bond acceptors (Lipinski definition) is 6. The van der Waals surface area contributed by atoms with Crippen LogP contribution in [0.4, 0.5) is 5.13 Å². The van der Waals surface area contributed by atoms with Crippen molar-refractivity contribution in [3.8, 4) is 48.3 Å². The molecule has 0 saturated heterocycles. The Morgan fingerprint density at radius 2 is 1.91 bits per heavy atom. The van der Waals surface area contributed by atoms with Gasteiger partial charge >= 0.3 is 0 Å². The van der Waals surface area contributed by atoms with Gasteiger partial charge in [-0.1, -0.05) is 47.2 Å². The average Bonchev–Trinajstić information content (AvgIpc) is 3.53. The van der Waals surface area contributed by atoms with Crippen LogP contribution in [0.15, 0.2) is 60.9 Å². The van der Waals surface area contributed by atoms with Gasteiger partial charge in [0, 0.05) is 39.2 Å². The smallest absolute Gasteiger partial charge is 0.181 e. The van der Waals surface area contributed by atoms with Crippen molar-refractivity contribution >= 4 is 39.4 Å². The maximum absolute atomic E-state index is 6.49. The van der Waals surface area contributed by atoms with E-state index >= 15 is 0 Å². The minimum atomic E-state index is 0.534. The van der Waals surface area contributed by atoms with Crippen LogP contribution in [0.1, 0.15) is 5.56 Å². The third kappa shape index (κ3) is 3.30. The summed E-state index contributed by atoms with van der Waals surface area (Å²) >= 11 is 9.68. The van der Waals surface area contributed by atoms with E-state index in [1.807, 2.05) is 36.7 Å². The van der Waals surface area contributed by atoms with E-state index in [2.05, 4.69) is 39.4 Å². The van der Waals surface area contributed by atoms with Gasteiger partial charge < -0.3 is 10.5 Å². The van der Waals surface area contributed by atoms with Gasteiger partial charge in [-0.15, -0.1) is 11.3 Å². The maximum atomic E-state index is 6.49. The second kappa shape index (κ2) is 7.78. The van der Waals surface area contributed by atoms with Crippen molar-refractivity contribution in [2.45, 2.75) is 6.42 Å². The summed E-state index contributed by atoms with van der Waals surface area (Å²) < 4.78 is 6.11. The minimum Gasteiger partial charge on any atom is -0.493 e. The highest BCUT2D eigenvalue weighted by molar-refractivity contribution is 7.21. The second-order valence-electron chi connectivity index (χ2n) is 7.47. The van der Waals surface area contributed by atoms with Crippen LogP contribution in [-0.4, -0.2) is 21.8 Å². The number of halogens is 1. The fourth-order valence-electron chi connectivity index (χ4n) is 3.98. The molecule has 0 amide bonds. The van der Waals surface area contributed by atoms with E-state index in [1.54, 1.807) is 11.3 Å². The van der Waals surface area contributed by atoms with Crippen molar-refractivity contribution in [2.75, 3.05) is 12.3 Å². The van der Waals surface area contributed by atoms with E-state index in [0.29, 0.717) is 16.8 Å². The summed E-state index contributed by atoms with van der Waals surface area (Å²) in [5, 5.41) is 8.15. The third-order valence-corrected chi connectivity index (χ3v) is 7.96. The van der Waals surface area contributed by atoms with E-state index in [1.165, 1.54) is 21.8 Å². The Morgan fingerprint density at radius 1 is 1.00 bits per heavy atom. The molecule has 2 aromatic carbocycles. The predicted octanol–water partition coefficient (Wildman–Crippen LogP) is 6.77. The van der Waals surface area contributed by atoms with E-state index < -0.39 is 0 Å². The van der Waals surface area contributed by atoms with Crippen LogP contribution in [0.2, 0.25) is 5.02 Å². The molecule has 0 radical (unpaired) electrons. The number of aromatic nitrogens is 3. The lowest BCUT2D eigenvalue weighted by Gasteiger charge is -2.09. The largest absolute Gasteiger partial charge is 0.493 e. The highest BCUT2D eigenvalue weighted by Gasteiger charge is 2.23.